The third-order valence-electron chi connectivity index (χ3n) is 4.35. The lowest BCUT2D eigenvalue weighted by molar-refractivity contribution is 0.253. The molecule has 100 valence electrons. The minimum atomic E-state index is 0.480. The summed E-state index contributed by atoms with van der Waals surface area (Å²) in [4.78, 5) is 2.58. The number of furan rings is 1. The van der Waals surface area contributed by atoms with Crippen molar-refractivity contribution in [2.45, 2.75) is 58.2 Å². The predicted octanol–water partition coefficient (Wildman–Crippen LogP) is 2.78. The molecular formula is C15H24N2O. The number of rotatable bonds is 4. The van der Waals surface area contributed by atoms with Crippen LogP contribution in [0, 0.1) is 13.8 Å². The van der Waals surface area contributed by atoms with Crippen molar-refractivity contribution >= 4 is 0 Å². The summed E-state index contributed by atoms with van der Waals surface area (Å²) in [7, 11) is 0. The molecular weight excluding hydrogens is 224 g/mol. The summed E-state index contributed by atoms with van der Waals surface area (Å²) in [6.07, 6.45) is 4.05. The van der Waals surface area contributed by atoms with Crippen LogP contribution in [0.15, 0.2) is 10.5 Å². The smallest absolute Gasteiger partial charge is 0.105 e. The summed E-state index contributed by atoms with van der Waals surface area (Å²) in [6.45, 7) is 8.80. The van der Waals surface area contributed by atoms with Gasteiger partial charge in [-0.1, -0.05) is 0 Å². The van der Waals surface area contributed by atoms with Crippen molar-refractivity contribution in [1.29, 1.82) is 0 Å². The molecule has 1 saturated carbocycles. The number of aryl methyl sites for hydroxylation is 2. The SMILES string of the molecule is Cc1cc(C(C)N2CCC(NC3CC3)C2)c(C)o1. The first-order valence-electron chi connectivity index (χ1n) is 7.20. The molecule has 2 atom stereocenters. The highest BCUT2D eigenvalue weighted by Gasteiger charge is 2.31. The van der Waals surface area contributed by atoms with Crippen molar-refractivity contribution in [2.75, 3.05) is 13.1 Å². The average molecular weight is 248 g/mol. The lowest BCUT2D eigenvalue weighted by Crippen LogP contribution is -2.34. The molecule has 0 bridgehead atoms. The van der Waals surface area contributed by atoms with Gasteiger partial charge in [-0.3, -0.25) is 4.90 Å². The van der Waals surface area contributed by atoms with Crippen LogP contribution in [0.3, 0.4) is 0 Å². The molecule has 1 aromatic heterocycles. The normalized spacial score (nSPS) is 26.7. The van der Waals surface area contributed by atoms with E-state index in [-0.39, 0.29) is 0 Å². The minimum Gasteiger partial charge on any atom is -0.466 e. The Morgan fingerprint density at radius 3 is 2.67 bits per heavy atom. The third-order valence-corrected chi connectivity index (χ3v) is 4.35. The Labute approximate surface area is 110 Å². The second-order valence-corrected chi connectivity index (χ2v) is 5.97. The zero-order valence-electron chi connectivity index (χ0n) is 11.7. The molecule has 3 nitrogen and oxygen atoms in total. The highest BCUT2D eigenvalue weighted by atomic mass is 16.3. The van der Waals surface area contributed by atoms with Crippen molar-refractivity contribution in [3.63, 3.8) is 0 Å². The molecule has 0 amide bonds. The fraction of sp³-hybridized carbons (Fsp3) is 0.733. The van der Waals surface area contributed by atoms with Crippen molar-refractivity contribution in [2.24, 2.45) is 0 Å². The van der Waals surface area contributed by atoms with Crippen LogP contribution in [-0.4, -0.2) is 30.1 Å². The zero-order valence-corrected chi connectivity index (χ0v) is 11.7. The summed E-state index contributed by atoms with van der Waals surface area (Å²) in [5.41, 5.74) is 1.36. The minimum absolute atomic E-state index is 0.480. The lowest BCUT2D eigenvalue weighted by atomic mass is 10.1. The summed E-state index contributed by atoms with van der Waals surface area (Å²) in [5.74, 6) is 2.11. The summed E-state index contributed by atoms with van der Waals surface area (Å²) in [6, 6.07) is 4.20. The summed E-state index contributed by atoms with van der Waals surface area (Å²) < 4.78 is 5.65. The topological polar surface area (TPSA) is 28.4 Å². The van der Waals surface area contributed by atoms with E-state index in [9.17, 15) is 0 Å². The van der Waals surface area contributed by atoms with E-state index in [4.69, 9.17) is 4.42 Å². The first-order chi connectivity index (χ1) is 8.63. The van der Waals surface area contributed by atoms with Crippen LogP contribution in [0.5, 0.6) is 0 Å². The van der Waals surface area contributed by atoms with Gasteiger partial charge in [-0.05, 0) is 46.1 Å². The average Bonchev–Trinajstić information content (AvgIpc) is 2.89. The molecule has 18 heavy (non-hydrogen) atoms. The Hall–Kier alpha value is -0.800. The van der Waals surface area contributed by atoms with Crippen molar-refractivity contribution in [3.05, 3.63) is 23.2 Å². The standard InChI is InChI=1S/C15H24N2O/c1-10-8-15(12(3)18-10)11(2)17-7-6-14(9-17)16-13-4-5-13/h8,11,13-14,16H,4-7,9H2,1-3H3. The van der Waals surface area contributed by atoms with E-state index >= 15 is 0 Å². The molecule has 1 N–H and O–H groups in total. The largest absolute Gasteiger partial charge is 0.466 e. The Kier molecular flexibility index (Phi) is 3.20. The van der Waals surface area contributed by atoms with E-state index < -0.39 is 0 Å². The van der Waals surface area contributed by atoms with Crippen LogP contribution in [0.25, 0.3) is 0 Å². The highest BCUT2D eigenvalue weighted by molar-refractivity contribution is 5.24. The fourth-order valence-electron chi connectivity index (χ4n) is 3.12. The molecule has 2 fully saturated rings. The molecule has 2 heterocycles. The van der Waals surface area contributed by atoms with Crippen molar-refractivity contribution in [1.82, 2.24) is 10.2 Å². The van der Waals surface area contributed by atoms with Gasteiger partial charge >= 0.3 is 0 Å². The van der Waals surface area contributed by atoms with Crippen LogP contribution < -0.4 is 5.32 Å². The molecule has 1 aliphatic heterocycles. The van der Waals surface area contributed by atoms with Crippen LogP contribution in [0.4, 0.5) is 0 Å². The van der Waals surface area contributed by atoms with Gasteiger partial charge in [0.2, 0.25) is 0 Å². The fourth-order valence-corrected chi connectivity index (χ4v) is 3.12. The lowest BCUT2D eigenvalue weighted by Gasteiger charge is -2.24. The Bertz CT molecular complexity index is 422. The van der Waals surface area contributed by atoms with Gasteiger partial charge in [-0.15, -0.1) is 0 Å². The van der Waals surface area contributed by atoms with E-state index in [1.54, 1.807) is 0 Å². The number of nitrogens with zero attached hydrogens (tertiary/aromatic N) is 1. The maximum Gasteiger partial charge on any atom is 0.105 e. The summed E-state index contributed by atoms with van der Waals surface area (Å²) in [5, 5.41) is 3.74. The van der Waals surface area contributed by atoms with E-state index in [2.05, 4.69) is 30.1 Å². The Morgan fingerprint density at radius 1 is 1.28 bits per heavy atom. The second kappa shape index (κ2) is 4.71. The molecule has 0 radical (unpaired) electrons. The second-order valence-electron chi connectivity index (χ2n) is 5.97. The zero-order chi connectivity index (χ0) is 12.7. The molecule has 1 aromatic rings. The number of nitrogens with one attached hydrogen (secondary N) is 1. The van der Waals surface area contributed by atoms with Gasteiger partial charge in [0.1, 0.15) is 11.5 Å². The van der Waals surface area contributed by atoms with Gasteiger partial charge in [0.05, 0.1) is 0 Å². The number of likely N-dealkylation sites (tertiary alicyclic amines) is 1. The van der Waals surface area contributed by atoms with Gasteiger partial charge < -0.3 is 9.73 Å². The molecule has 3 heteroatoms. The molecule has 1 aliphatic carbocycles. The maximum atomic E-state index is 5.65. The van der Waals surface area contributed by atoms with E-state index in [0.29, 0.717) is 12.1 Å². The van der Waals surface area contributed by atoms with E-state index in [1.807, 2.05) is 6.92 Å². The van der Waals surface area contributed by atoms with E-state index in [0.717, 1.165) is 17.6 Å². The van der Waals surface area contributed by atoms with Crippen LogP contribution in [-0.2, 0) is 0 Å². The van der Waals surface area contributed by atoms with Crippen LogP contribution in [0.1, 0.15) is 49.3 Å². The number of hydrogen-bond donors (Lipinski definition) is 1. The van der Waals surface area contributed by atoms with Crippen LogP contribution >= 0.6 is 0 Å². The Balaban J connectivity index is 1.62. The molecule has 2 aliphatic rings. The predicted molar refractivity (Wildman–Crippen MR) is 72.7 cm³/mol. The van der Waals surface area contributed by atoms with Crippen molar-refractivity contribution in [3.8, 4) is 0 Å². The van der Waals surface area contributed by atoms with Gasteiger partial charge in [0.15, 0.2) is 0 Å². The Morgan fingerprint density at radius 2 is 2.06 bits per heavy atom. The van der Waals surface area contributed by atoms with Gasteiger partial charge in [0.25, 0.3) is 0 Å². The van der Waals surface area contributed by atoms with Gasteiger partial charge in [-0.25, -0.2) is 0 Å². The summed E-state index contributed by atoms with van der Waals surface area (Å²) >= 11 is 0. The molecule has 0 aromatic carbocycles. The van der Waals surface area contributed by atoms with E-state index in [1.165, 1.54) is 37.9 Å². The third kappa shape index (κ3) is 2.47. The maximum absolute atomic E-state index is 5.65. The van der Waals surface area contributed by atoms with Gasteiger partial charge in [-0.2, -0.15) is 0 Å². The molecule has 1 saturated heterocycles. The van der Waals surface area contributed by atoms with Gasteiger partial charge in [0, 0.05) is 36.8 Å². The van der Waals surface area contributed by atoms with Crippen molar-refractivity contribution < 1.29 is 4.42 Å². The van der Waals surface area contributed by atoms with Crippen LogP contribution in [0.2, 0.25) is 0 Å². The quantitative estimate of drug-likeness (QED) is 0.888. The monoisotopic (exact) mass is 248 g/mol. The molecule has 0 spiro atoms. The first kappa shape index (κ1) is 12.2. The highest BCUT2D eigenvalue weighted by Crippen LogP contribution is 2.30. The number of hydrogen-bond acceptors (Lipinski definition) is 3. The molecule has 2 unspecified atom stereocenters. The first-order valence-corrected chi connectivity index (χ1v) is 7.20. The molecule has 3 rings (SSSR count).